The number of rotatable bonds is 8. The minimum absolute atomic E-state index is 0.0907. The summed E-state index contributed by atoms with van der Waals surface area (Å²) in [4.78, 5) is 12.3. The summed E-state index contributed by atoms with van der Waals surface area (Å²) in [5.74, 6) is 0.744. The van der Waals surface area contributed by atoms with Crippen molar-refractivity contribution in [2.75, 3.05) is 11.9 Å². The molecular weight excluding hydrogens is 334 g/mol. The molecule has 0 aromatic heterocycles. The first-order valence-electron chi connectivity index (χ1n) is 9.58. The molecule has 0 bridgehead atoms. The topological polar surface area (TPSA) is 64.9 Å². The van der Waals surface area contributed by atoms with Crippen LogP contribution in [0.2, 0.25) is 0 Å². The molecule has 4 heteroatoms. The Labute approximate surface area is 162 Å². The first-order valence-corrected chi connectivity index (χ1v) is 9.58. The molecule has 2 atom stereocenters. The lowest BCUT2D eigenvalue weighted by Crippen LogP contribution is -2.33. The molecule has 2 rings (SSSR count). The predicted octanol–water partition coefficient (Wildman–Crippen LogP) is 5.00. The van der Waals surface area contributed by atoms with Gasteiger partial charge < -0.3 is 10.6 Å². The predicted molar refractivity (Wildman–Crippen MR) is 111 cm³/mol. The smallest absolute Gasteiger partial charge is 0.238 e. The lowest BCUT2D eigenvalue weighted by molar-refractivity contribution is -0.115. The molecule has 27 heavy (non-hydrogen) atoms. The number of benzene rings is 2. The van der Waals surface area contributed by atoms with E-state index in [1.165, 1.54) is 11.1 Å². The summed E-state index contributed by atoms with van der Waals surface area (Å²) >= 11 is 0. The van der Waals surface area contributed by atoms with E-state index in [4.69, 9.17) is 5.26 Å². The number of nitrogens with zero attached hydrogens (tertiary/aromatic N) is 1. The van der Waals surface area contributed by atoms with Gasteiger partial charge in [0.25, 0.3) is 0 Å². The largest absolute Gasteiger partial charge is 0.324 e. The number of carbonyl (C=O) groups excluding carboxylic acids is 1. The number of nitrogens with one attached hydrogen (secondary N) is 2. The molecule has 0 radical (unpaired) electrons. The fourth-order valence-electron chi connectivity index (χ4n) is 3.09. The summed E-state index contributed by atoms with van der Waals surface area (Å²) in [6.45, 7) is 8.90. The number of nitriles is 1. The zero-order chi connectivity index (χ0) is 19.8. The zero-order valence-electron chi connectivity index (χ0n) is 16.6. The third-order valence-corrected chi connectivity index (χ3v) is 4.95. The van der Waals surface area contributed by atoms with Gasteiger partial charge in [-0.05, 0) is 41.5 Å². The van der Waals surface area contributed by atoms with Crippen LogP contribution in [-0.4, -0.2) is 12.5 Å². The summed E-state index contributed by atoms with van der Waals surface area (Å²) in [7, 11) is 0. The van der Waals surface area contributed by atoms with E-state index >= 15 is 0 Å². The second-order valence-electron chi connectivity index (χ2n) is 7.28. The van der Waals surface area contributed by atoms with Gasteiger partial charge >= 0.3 is 0 Å². The molecule has 2 aromatic carbocycles. The summed E-state index contributed by atoms with van der Waals surface area (Å²) < 4.78 is 0. The lowest BCUT2D eigenvalue weighted by Gasteiger charge is -2.23. The maximum atomic E-state index is 12.3. The van der Waals surface area contributed by atoms with Crippen molar-refractivity contribution in [3.8, 4) is 6.07 Å². The molecule has 0 aliphatic carbocycles. The Morgan fingerprint density at radius 2 is 1.67 bits per heavy atom. The van der Waals surface area contributed by atoms with Crippen LogP contribution in [0.15, 0.2) is 48.5 Å². The Hall–Kier alpha value is -2.64. The van der Waals surface area contributed by atoms with Crippen LogP contribution >= 0.6 is 0 Å². The Kier molecular flexibility index (Phi) is 7.57. The summed E-state index contributed by atoms with van der Waals surface area (Å²) in [5.41, 5.74) is 3.54. The molecule has 0 unspecified atom stereocenters. The van der Waals surface area contributed by atoms with E-state index in [0.29, 0.717) is 23.1 Å². The van der Waals surface area contributed by atoms with Crippen LogP contribution in [0.5, 0.6) is 0 Å². The van der Waals surface area contributed by atoms with Gasteiger partial charge in [-0.1, -0.05) is 64.1 Å². The van der Waals surface area contributed by atoms with Crippen molar-refractivity contribution in [2.24, 2.45) is 5.92 Å². The zero-order valence-corrected chi connectivity index (χ0v) is 16.6. The number of para-hydroxylation sites is 1. The third kappa shape index (κ3) is 5.67. The van der Waals surface area contributed by atoms with E-state index in [1.807, 2.05) is 0 Å². The fraction of sp³-hybridized carbons (Fsp3) is 0.391. The highest BCUT2D eigenvalue weighted by molar-refractivity contribution is 5.93. The van der Waals surface area contributed by atoms with Crippen LogP contribution in [0.4, 0.5) is 5.69 Å². The molecule has 2 aromatic rings. The second kappa shape index (κ2) is 9.89. The number of hydrogen-bond acceptors (Lipinski definition) is 3. The maximum absolute atomic E-state index is 12.3. The summed E-state index contributed by atoms with van der Waals surface area (Å²) in [6.07, 6.45) is 1.12. The van der Waals surface area contributed by atoms with E-state index in [0.717, 1.165) is 6.42 Å². The Bertz CT molecular complexity index is 790. The highest BCUT2D eigenvalue weighted by Crippen LogP contribution is 2.25. The van der Waals surface area contributed by atoms with Crippen molar-refractivity contribution in [3.63, 3.8) is 0 Å². The van der Waals surface area contributed by atoms with Crippen molar-refractivity contribution >= 4 is 11.6 Å². The Morgan fingerprint density at radius 1 is 1.04 bits per heavy atom. The van der Waals surface area contributed by atoms with E-state index in [9.17, 15) is 4.79 Å². The first kappa shape index (κ1) is 20.7. The average Bonchev–Trinajstić information content (AvgIpc) is 2.68. The molecule has 142 valence electrons. The van der Waals surface area contributed by atoms with Crippen molar-refractivity contribution in [3.05, 3.63) is 65.2 Å². The quantitative estimate of drug-likeness (QED) is 0.694. The number of anilines is 1. The van der Waals surface area contributed by atoms with Crippen molar-refractivity contribution in [1.82, 2.24) is 5.32 Å². The Balaban J connectivity index is 2.02. The standard InChI is InChI=1S/C23H29N3O/c1-5-17(4)18-10-12-19(13-11-18)23(16(2)3)25-15-22(27)26-21-9-7-6-8-20(21)14-24/h6-13,16-17,23,25H,5,15H2,1-4H3,(H,26,27)/t17-,23-/m1/s1. The fourth-order valence-corrected chi connectivity index (χ4v) is 3.09. The van der Waals surface area contributed by atoms with Gasteiger partial charge in [0.15, 0.2) is 0 Å². The van der Waals surface area contributed by atoms with Gasteiger partial charge in [-0.15, -0.1) is 0 Å². The summed E-state index contributed by atoms with van der Waals surface area (Å²) in [6, 6.07) is 17.9. The van der Waals surface area contributed by atoms with Crippen molar-refractivity contribution in [2.45, 2.75) is 46.1 Å². The van der Waals surface area contributed by atoms with Gasteiger partial charge in [0.05, 0.1) is 17.8 Å². The monoisotopic (exact) mass is 363 g/mol. The summed E-state index contributed by atoms with van der Waals surface area (Å²) in [5, 5.41) is 15.3. The van der Waals surface area contributed by atoms with Crippen molar-refractivity contribution in [1.29, 1.82) is 5.26 Å². The van der Waals surface area contributed by atoms with Crippen LogP contribution in [0, 0.1) is 17.2 Å². The minimum Gasteiger partial charge on any atom is -0.324 e. The molecule has 1 amide bonds. The van der Waals surface area contributed by atoms with Crippen LogP contribution in [-0.2, 0) is 4.79 Å². The third-order valence-electron chi connectivity index (χ3n) is 4.95. The van der Waals surface area contributed by atoms with Crippen LogP contribution < -0.4 is 10.6 Å². The highest BCUT2D eigenvalue weighted by Gasteiger charge is 2.17. The molecule has 0 saturated carbocycles. The van der Waals surface area contributed by atoms with Gasteiger partial charge in [-0.25, -0.2) is 0 Å². The van der Waals surface area contributed by atoms with Crippen LogP contribution in [0.25, 0.3) is 0 Å². The van der Waals surface area contributed by atoms with Crippen molar-refractivity contribution < 1.29 is 4.79 Å². The van der Waals surface area contributed by atoms with E-state index in [-0.39, 0.29) is 18.5 Å². The van der Waals surface area contributed by atoms with Gasteiger partial charge in [-0.2, -0.15) is 5.26 Å². The number of carbonyl (C=O) groups is 1. The number of hydrogen-bond donors (Lipinski definition) is 2. The van der Waals surface area contributed by atoms with Crippen LogP contribution in [0.3, 0.4) is 0 Å². The normalized spacial score (nSPS) is 13.0. The molecule has 4 nitrogen and oxygen atoms in total. The van der Waals surface area contributed by atoms with Gasteiger partial charge in [0.2, 0.25) is 5.91 Å². The van der Waals surface area contributed by atoms with E-state index < -0.39 is 0 Å². The molecule has 0 fully saturated rings. The molecule has 0 spiro atoms. The van der Waals surface area contributed by atoms with E-state index in [2.05, 4.69) is 68.7 Å². The van der Waals surface area contributed by atoms with Gasteiger partial charge in [0, 0.05) is 6.04 Å². The van der Waals surface area contributed by atoms with Crippen LogP contribution in [0.1, 0.15) is 62.8 Å². The second-order valence-corrected chi connectivity index (χ2v) is 7.28. The lowest BCUT2D eigenvalue weighted by atomic mass is 9.92. The van der Waals surface area contributed by atoms with Gasteiger partial charge in [-0.3, -0.25) is 4.79 Å². The van der Waals surface area contributed by atoms with Gasteiger partial charge in [0.1, 0.15) is 6.07 Å². The first-order chi connectivity index (χ1) is 13.0. The molecular formula is C23H29N3O. The Morgan fingerprint density at radius 3 is 2.26 bits per heavy atom. The molecule has 2 N–H and O–H groups in total. The molecule has 0 heterocycles. The molecule has 0 saturated heterocycles. The minimum atomic E-state index is -0.153. The molecule has 0 aliphatic heterocycles. The number of amides is 1. The average molecular weight is 364 g/mol. The SMILES string of the molecule is CC[C@@H](C)c1ccc([C@H](NCC(=O)Nc2ccccc2C#N)C(C)C)cc1. The van der Waals surface area contributed by atoms with E-state index in [1.54, 1.807) is 24.3 Å². The maximum Gasteiger partial charge on any atom is 0.238 e. The highest BCUT2D eigenvalue weighted by atomic mass is 16.1. The molecule has 0 aliphatic rings.